The summed E-state index contributed by atoms with van der Waals surface area (Å²) in [5.41, 5.74) is 0.720. The third kappa shape index (κ3) is 0.897. The maximum Gasteiger partial charge on any atom is 0.150 e. The van der Waals surface area contributed by atoms with E-state index in [-0.39, 0.29) is 5.82 Å². The number of hydrogen-bond donors (Lipinski definition) is 0. The fourth-order valence-corrected chi connectivity index (χ4v) is 1.32. The first kappa shape index (κ1) is 7.28. The summed E-state index contributed by atoms with van der Waals surface area (Å²) >= 11 is 0. The van der Waals surface area contributed by atoms with Crippen molar-refractivity contribution >= 4 is 11.0 Å². The van der Waals surface area contributed by atoms with Gasteiger partial charge in [0, 0.05) is 18.9 Å². The number of rotatable bonds is 1. The van der Waals surface area contributed by atoms with Crippen molar-refractivity contribution in [3.63, 3.8) is 0 Å². The lowest BCUT2D eigenvalue weighted by atomic mass is 10.3. The van der Waals surface area contributed by atoms with Gasteiger partial charge in [0.05, 0.1) is 5.39 Å². The van der Waals surface area contributed by atoms with Gasteiger partial charge in [-0.3, -0.25) is 0 Å². The van der Waals surface area contributed by atoms with E-state index in [0.717, 1.165) is 12.2 Å². The molecule has 2 heterocycles. The van der Waals surface area contributed by atoms with E-state index in [9.17, 15) is 4.39 Å². The minimum atomic E-state index is -0.194. The Morgan fingerprint density at radius 3 is 3.17 bits per heavy atom. The predicted molar refractivity (Wildman–Crippen MR) is 45.4 cm³/mol. The summed E-state index contributed by atoms with van der Waals surface area (Å²) in [7, 11) is 0. The number of hydrogen-bond acceptors (Lipinski definition) is 1. The van der Waals surface area contributed by atoms with Crippen LogP contribution in [0.5, 0.6) is 0 Å². The van der Waals surface area contributed by atoms with E-state index >= 15 is 0 Å². The second-order valence-electron chi connectivity index (χ2n) is 2.64. The Labute approximate surface area is 69.6 Å². The molecular weight excluding hydrogens is 155 g/mol. The van der Waals surface area contributed by atoms with Crippen LogP contribution in [-0.2, 0) is 6.54 Å². The molecule has 0 N–H and O–H groups in total. The van der Waals surface area contributed by atoms with Crippen LogP contribution in [0.1, 0.15) is 6.92 Å². The van der Waals surface area contributed by atoms with E-state index in [1.807, 2.05) is 6.92 Å². The molecule has 0 aliphatic carbocycles. The third-order valence-corrected chi connectivity index (χ3v) is 1.93. The largest absolute Gasteiger partial charge is 0.330 e. The van der Waals surface area contributed by atoms with Crippen molar-refractivity contribution in [1.82, 2.24) is 9.55 Å². The molecule has 2 aromatic heterocycles. The topological polar surface area (TPSA) is 17.8 Å². The maximum atomic E-state index is 13.1. The van der Waals surface area contributed by atoms with Crippen molar-refractivity contribution in [2.75, 3.05) is 0 Å². The summed E-state index contributed by atoms with van der Waals surface area (Å²) in [6.45, 7) is 2.71. The number of aryl methyl sites for hydroxylation is 1. The minimum absolute atomic E-state index is 0.194. The van der Waals surface area contributed by atoms with Crippen molar-refractivity contribution in [2.45, 2.75) is 13.5 Å². The quantitative estimate of drug-likeness (QED) is 0.631. The van der Waals surface area contributed by atoms with Gasteiger partial charge in [-0.25, -0.2) is 9.37 Å². The fraction of sp³-hybridized carbons (Fsp3) is 0.222. The Morgan fingerprint density at radius 2 is 2.42 bits per heavy atom. The molecule has 0 unspecified atom stereocenters. The molecule has 62 valence electrons. The summed E-state index contributed by atoms with van der Waals surface area (Å²) in [5, 5.41) is 0.597. The molecule has 0 fully saturated rings. The molecule has 0 aliphatic rings. The normalized spacial score (nSPS) is 10.8. The van der Waals surface area contributed by atoms with Crippen molar-refractivity contribution in [3.05, 3.63) is 30.3 Å². The highest BCUT2D eigenvalue weighted by Crippen LogP contribution is 2.16. The zero-order valence-corrected chi connectivity index (χ0v) is 6.79. The van der Waals surface area contributed by atoms with E-state index in [1.54, 1.807) is 22.9 Å². The Morgan fingerprint density at radius 1 is 1.58 bits per heavy atom. The molecule has 3 heteroatoms. The molecule has 2 rings (SSSR count). The molecule has 2 nitrogen and oxygen atoms in total. The van der Waals surface area contributed by atoms with Crippen molar-refractivity contribution in [3.8, 4) is 0 Å². The van der Waals surface area contributed by atoms with Crippen LogP contribution >= 0.6 is 0 Å². The molecule has 12 heavy (non-hydrogen) atoms. The Bertz CT molecular complexity index is 406. The second kappa shape index (κ2) is 2.59. The van der Waals surface area contributed by atoms with E-state index in [0.29, 0.717) is 5.39 Å². The average Bonchev–Trinajstić information content (AvgIpc) is 2.44. The average molecular weight is 164 g/mol. The molecular formula is C9H9FN2. The van der Waals surface area contributed by atoms with E-state index in [1.165, 1.54) is 6.20 Å². The Balaban J connectivity index is 2.82. The molecule has 0 amide bonds. The minimum Gasteiger partial charge on any atom is -0.330 e. The first-order valence-electron chi connectivity index (χ1n) is 3.92. The van der Waals surface area contributed by atoms with Crippen LogP contribution in [-0.4, -0.2) is 9.55 Å². The Hall–Kier alpha value is -1.38. The van der Waals surface area contributed by atoms with E-state index in [2.05, 4.69) is 4.98 Å². The summed E-state index contributed by atoms with van der Waals surface area (Å²) < 4.78 is 14.9. The molecule has 2 aromatic rings. The highest BCUT2D eigenvalue weighted by atomic mass is 19.1. The lowest BCUT2D eigenvalue weighted by Gasteiger charge is -1.96. The molecule has 0 spiro atoms. The zero-order chi connectivity index (χ0) is 8.55. The van der Waals surface area contributed by atoms with Gasteiger partial charge in [-0.1, -0.05) is 0 Å². The second-order valence-corrected chi connectivity index (χ2v) is 2.64. The smallest absolute Gasteiger partial charge is 0.150 e. The summed E-state index contributed by atoms with van der Waals surface area (Å²) in [6, 6.07) is 3.48. The van der Waals surface area contributed by atoms with Crippen LogP contribution in [0.25, 0.3) is 11.0 Å². The van der Waals surface area contributed by atoms with Gasteiger partial charge in [0.25, 0.3) is 0 Å². The van der Waals surface area contributed by atoms with E-state index in [4.69, 9.17) is 0 Å². The molecule has 0 atom stereocenters. The summed E-state index contributed by atoms with van der Waals surface area (Å²) in [6.07, 6.45) is 3.16. The summed E-state index contributed by atoms with van der Waals surface area (Å²) in [5.74, 6) is -0.194. The first-order valence-corrected chi connectivity index (χ1v) is 3.92. The lowest BCUT2D eigenvalue weighted by molar-refractivity contribution is 0.627. The van der Waals surface area contributed by atoms with Crippen LogP contribution in [0.3, 0.4) is 0 Å². The number of aromatic nitrogens is 2. The van der Waals surface area contributed by atoms with Crippen LogP contribution in [0, 0.1) is 5.82 Å². The highest BCUT2D eigenvalue weighted by Gasteiger charge is 2.05. The van der Waals surface area contributed by atoms with E-state index < -0.39 is 0 Å². The van der Waals surface area contributed by atoms with Crippen LogP contribution in [0.15, 0.2) is 24.5 Å². The molecule has 0 bridgehead atoms. The zero-order valence-electron chi connectivity index (χ0n) is 6.79. The fourth-order valence-electron chi connectivity index (χ4n) is 1.32. The number of fused-ring (bicyclic) bond motifs is 1. The van der Waals surface area contributed by atoms with Crippen LogP contribution < -0.4 is 0 Å². The van der Waals surface area contributed by atoms with Gasteiger partial charge < -0.3 is 4.57 Å². The molecule has 0 radical (unpaired) electrons. The van der Waals surface area contributed by atoms with Crippen molar-refractivity contribution in [2.24, 2.45) is 0 Å². The third-order valence-electron chi connectivity index (χ3n) is 1.93. The highest BCUT2D eigenvalue weighted by molar-refractivity contribution is 5.76. The van der Waals surface area contributed by atoms with Gasteiger partial charge in [0.1, 0.15) is 11.5 Å². The van der Waals surface area contributed by atoms with Gasteiger partial charge in [-0.05, 0) is 19.1 Å². The van der Waals surface area contributed by atoms with Gasteiger partial charge in [0.15, 0.2) is 0 Å². The molecule has 0 aromatic carbocycles. The number of nitrogens with zero attached hydrogens (tertiary/aromatic N) is 2. The van der Waals surface area contributed by atoms with Gasteiger partial charge in [-0.15, -0.1) is 0 Å². The van der Waals surface area contributed by atoms with Crippen LogP contribution in [0.4, 0.5) is 4.39 Å². The Kier molecular flexibility index (Phi) is 1.57. The molecule has 0 aliphatic heterocycles. The molecule has 0 saturated carbocycles. The number of pyridine rings is 1. The van der Waals surface area contributed by atoms with Crippen molar-refractivity contribution in [1.29, 1.82) is 0 Å². The van der Waals surface area contributed by atoms with Gasteiger partial charge in [0.2, 0.25) is 0 Å². The SMILES string of the molecule is CCn1cc(F)c2cccnc21. The summed E-state index contributed by atoms with van der Waals surface area (Å²) in [4.78, 5) is 4.10. The lowest BCUT2D eigenvalue weighted by Crippen LogP contribution is -1.91. The monoisotopic (exact) mass is 164 g/mol. The van der Waals surface area contributed by atoms with Gasteiger partial charge >= 0.3 is 0 Å². The predicted octanol–water partition coefficient (Wildman–Crippen LogP) is 2.20. The van der Waals surface area contributed by atoms with Crippen molar-refractivity contribution < 1.29 is 4.39 Å². The first-order chi connectivity index (χ1) is 5.83. The van der Waals surface area contributed by atoms with Gasteiger partial charge in [-0.2, -0.15) is 0 Å². The standard InChI is InChI=1S/C9H9FN2/c1-2-12-6-8(10)7-4-3-5-11-9(7)12/h3-6H,2H2,1H3. The molecule has 0 saturated heterocycles. The number of halogens is 1. The van der Waals surface area contributed by atoms with Crippen LogP contribution in [0.2, 0.25) is 0 Å². The maximum absolute atomic E-state index is 13.1.